The highest BCUT2D eigenvalue weighted by atomic mass is 19.1. The molecule has 2 rings (SSSR count). The fourth-order valence-corrected chi connectivity index (χ4v) is 2.49. The highest BCUT2D eigenvalue weighted by Crippen LogP contribution is 2.10. The molecule has 0 spiro atoms. The van der Waals surface area contributed by atoms with Crippen LogP contribution in [0, 0.1) is 17.1 Å². The largest absolute Gasteiger partial charge is 0.444 e. The molecule has 0 aliphatic carbocycles. The lowest BCUT2D eigenvalue weighted by Crippen LogP contribution is -2.53. The van der Waals surface area contributed by atoms with Crippen molar-refractivity contribution in [1.29, 1.82) is 5.26 Å². The van der Waals surface area contributed by atoms with E-state index in [4.69, 9.17) is 10.00 Å². The molecule has 0 radical (unpaired) electrons. The quantitative estimate of drug-likeness (QED) is 0.635. The van der Waals surface area contributed by atoms with Crippen molar-refractivity contribution < 1.29 is 23.5 Å². The predicted octanol–water partition coefficient (Wildman–Crippen LogP) is 2.59. The zero-order valence-corrected chi connectivity index (χ0v) is 17.4. The second kappa shape index (κ2) is 10.2. The molecule has 1 atom stereocenters. The summed E-state index contributed by atoms with van der Waals surface area (Å²) in [5.41, 5.74) is 4.99. The van der Waals surface area contributed by atoms with Gasteiger partial charge in [0.05, 0.1) is 11.6 Å². The number of nitrogens with zero attached hydrogens (tertiary/aromatic N) is 1. The highest BCUT2D eigenvalue weighted by molar-refractivity contribution is 5.96. The number of hydrogen-bond donors (Lipinski definition) is 3. The number of hydrazine groups is 1. The van der Waals surface area contributed by atoms with Crippen LogP contribution in [-0.2, 0) is 16.0 Å². The number of alkyl carbamates (subject to hydrolysis) is 1. The van der Waals surface area contributed by atoms with Crippen molar-refractivity contribution in [3.8, 4) is 6.07 Å². The minimum absolute atomic E-state index is 0.0865. The van der Waals surface area contributed by atoms with Crippen LogP contribution >= 0.6 is 0 Å². The fourth-order valence-electron chi connectivity index (χ4n) is 2.49. The summed E-state index contributed by atoms with van der Waals surface area (Å²) in [5, 5.41) is 11.4. The maximum Gasteiger partial charge on any atom is 0.408 e. The minimum atomic E-state index is -1.07. The lowest BCUT2D eigenvalue weighted by Gasteiger charge is -2.23. The molecule has 2 aromatic carbocycles. The van der Waals surface area contributed by atoms with E-state index in [1.165, 1.54) is 12.1 Å². The Kier molecular flexibility index (Phi) is 7.69. The van der Waals surface area contributed by atoms with E-state index in [2.05, 4.69) is 16.2 Å². The molecule has 0 unspecified atom stereocenters. The van der Waals surface area contributed by atoms with Gasteiger partial charge in [0.1, 0.15) is 17.5 Å². The van der Waals surface area contributed by atoms with Gasteiger partial charge in [-0.25, -0.2) is 9.18 Å². The van der Waals surface area contributed by atoms with E-state index >= 15 is 0 Å². The summed E-state index contributed by atoms with van der Waals surface area (Å²) in [7, 11) is 0. The molecule has 0 fully saturated rings. The van der Waals surface area contributed by atoms with Crippen molar-refractivity contribution in [2.45, 2.75) is 38.8 Å². The van der Waals surface area contributed by atoms with Crippen molar-refractivity contribution in [1.82, 2.24) is 16.2 Å². The number of halogens is 1. The first-order valence-electron chi connectivity index (χ1n) is 9.42. The van der Waals surface area contributed by atoms with Gasteiger partial charge in [0.15, 0.2) is 0 Å². The van der Waals surface area contributed by atoms with Crippen molar-refractivity contribution in [3.63, 3.8) is 0 Å². The van der Waals surface area contributed by atoms with Crippen LogP contribution < -0.4 is 16.2 Å². The number of nitrogens with one attached hydrogen (secondary N) is 3. The molecule has 0 aromatic heterocycles. The number of amides is 3. The first-order chi connectivity index (χ1) is 14.6. The normalized spacial score (nSPS) is 11.6. The molecule has 31 heavy (non-hydrogen) atoms. The van der Waals surface area contributed by atoms with Gasteiger partial charge in [-0.05, 0) is 62.7 Å². The average molecular weight is 426 g/mol. The Hall–Kier alpha value is -3.93. The Morgan fingerprint density at radius 1 is 1.03 bits per heavy atom. The Bertz CT molecular complexity index is 977. The molecule has 9 heteroatoms. The number of rotatable bonds is 5. The molecule has 0 aliphatic rings. The van der Waals surface area contributed by atoms with E-state index in [0.29, 0.717) is 11.1 Å². The zero-order chi connectivity index (χ0) is 23.0. The number of carbonyl (C=O) groups excluding carboxylic acids is 3. The van der Waals surface area contributed by atoms with Crippen molar-refractivity contribution in [2.24, 2.45) is 0 Å². The molecule has 0 aliphatic heterocycles. The lowest BCUT2D eigenvalue weighted by molar-refractivity contribution is -0.124. The second-order valence-corrected chi connectivity index (χ2v) is 7.66. The van der Waals surface area contributed by atoms with Crippen LogP contribution in [0.1, 0.15) is 42.3 Å². The van der Waals surface area contributed by atoms with Crippen LogP contribution in [0.15, 0.2) is 48.5 Å². The summed E-state index contributed by atoms with van der Waals surface area (Å²) < 4.78 is 18.2. The lowest BCUT2D eigenvalue weighted by atomic mass is 10.0. The smallest absolute Gasteiger partial charge is 0.408 e. The summed E-state index contributed by atoms with van der Waals surface area (Å²) in [4.78, 5) is 37.0. The summed E-state index contributed by atoms with van der Waals surface area (Å²) in [6, 6.07) is 12.2. The van der Waals surface area contributed by atoms with E-state index in [-0.39, 0.29) is 12.0 Å². The van der Waals surface area contributed by atoms with Gasteiger partial charge in [-0.3, -0.25) is 20.4 Å². The van der Waals surface area contributed by atoms with Gasteiger partial charge in [0, 0.05) is 12.0 Å². The highest BCUT2D eigenvalue weighted by Gasteiger charge is 2.25. The van der Waals surface area contributed by atoms with Crippen LogP contribution in [0.2, 0.25) is 0 Å². The third-order valence-corrected chi connectivity index (χ3v) is 3.94. The summed E-state index contributed by atoms with van der Waals surface area (Å²) in [6.07, 6.45) is -0.713. The molecular formula is C22H23FN4O4. The Balaban J connectivity index is 2.08. The van der Waals surface area contributed by atoms with Gasteiger partial charge in [-0.15, -0.1) is 0 Å². The van der Waals surface area contributed by atoms with Gasteiger partial charge < -0.3 is 10.1 Å². The molecule has 2 aromatic rings. The average Bonchev–Trinajstić information content (AvgIpc) is 2.71. The zero-order valence-electron chi connectivity index (χ0n) is 17.4. The first kappa shape index (κ1) is 23.3. The van der Waals surface area contributed by atoms with E-state index in [0.717, 1.165) is 12.1 Å². The molecule has 162 valence electrons. The second-order valence-electron chi connectivity index (χ2n) is 7.66. The van der Waals surface area contributed by atoms with Gasteiger partial charge in [-0.2, -0.15) is 5.26 Å². The number of benzene rings is 2. The SMILES string of the molecule is CC(C)(C)OC(=O)N[C@@H](Cc1ccc(C#N)cc1)C(=O)NNC(=O)c1ccc(F)cc1. The number of nitriles is 1. The van der Waals surface area contributed by atoms with E-state index in [1.54, 1.807) is 45.0 Å². The van der Waals surface area contributed by atoms with Gasteiger partial charge in [0.2, 0.25) is 0 Å². The molecule has 0 saturated heterocycles. The van der Waals surface area contributed by atoms with Crippen LogP contribution in [0.3, 0.4) is 0 Å². The summed E-state index contributed by atoms with van der Waals surface area (Å²) in [6.45, 7) is 5.06. The molecule has 8 nitrogen and oxygen atoms in total. The van der Waals surface area contributed by atoms with Crippen LogP contribution in [0.25, 0.3) is 0 Å². The monoisotopic (exact) mass is 426 g/mol. The van der Waals surface area contributed by atoms with E-state index in [9.17, 15) is 18.8 Å². The van der Waals surface area contributed by atoms with E-state index < -0.39 is 35.4 Å². The minimum Gasteiger partial charge on any atom is -0.444 e. The molecule has 3 N–H and O–H groups in total. The molecule has 0 saturated carbocycles. The third kappa shape index (κ3) is 7.78. The number of hydrogen-bond acceptors (Lipinski definition) is 5. The maximum absolute atomic E-state index is 13.0. The molecule has 0 heterocycles. The van der Waals surface area contributed by atoms with Gasteiger partial charge in [0.25, 0.3) is 11.8 Å². The summed E-state index contributed by atoms with van der Waals surface area (Å²) >= 11 is 0. The van der Waals surface area contributed by atoms with Crippen LogP contribution in [0.4, 0.5) is 9.18 Å². The van der Waals surface area contributed by atoms with Crippen LogP contribution in [-0.4, -0.2) is 29.6 Å². The van der Waals surface area contributed by atoms with E-state index in [1.807, 2.05) is 6.07 Å². The van der Waals surface area contributed by atoms with Crippen molar-refractivity contribution in [2.75, 3.05) is 0 Å². The topological polar surface area (TPSA) is 120 Å². The van der Waals surface area contributed by atoms with Gasteiger partial charge in [-0.1, -0.05) is 12.1 Å². The fraction of sp³-hybridized carbons (Fsp3) is 0.273. The van der Waals surface area contributed by atoms with Crippen molar-refractivity contribution in [3.05, 3.63) is 71.0 Å². The standard InChI is InChI=1S/C22H23FN4O4/c1-22(2,3)31-21(30)25-18(12-14-4-6-15(13-24)7-5-14)20(29)27-26-19(28)16-8-10-17(23)11-9-16/h4-11,18H,12H2,1-3H3,(H,25,30)(H,26,28)(H,27,29)/t18-/m0/s1. The number of carbonyl (C=O) groups is 3. The Morgan fingerprint density at radius 3 is 2.19 bits per heavy atom. The summed E-state index contributed by atoms with van der Waals surface area (Å²) in [5.74, 6) is -1.84. The van der Waals surface area contributed by atoms with Crippen LogP contribution in [0.5, 0.6) is 0 Å². The Labute approximate surface area is 179 Å². The Morgan fingerprint density at radius 2 is 1.65 bits per heavy atom. The third-order valence-electron chi connectivity index (χ3n) is 3.94. The molecule has 0 bridgehead atoms. The number of ether oxygens (including phenoxy) is 1. The predicted molar refractivity (Wildman–Crippen MR) is 110 cm³/mol. The van der Waals surface area contributed by atoms with Crippen molar-refractivity contribution >= 4 is 17.9 Å². The van der Waals surface area contributed by atoms with Gasteiger partial charge >= 0.3 is 6.09 Å². The first-order valence-corrected chi connectivity index (χ1v) is 9.42. The molecule has 3 amide bonds. The maximum atomic E-state index is 13.0. The molecular weight excluding hydrogens is 403 g/mol.